The van der Waals surface area contributed by atoms with Gasteiger partial charge in [-0.05, 0) is 15.9 Å². The molecule has 1 heterocycles. The van der Waals surface area contributed by atoms with Gasteiger partial charge in [-0.1, -0.05) is 0 Å². The van der Waals surface area contributed by atoms with Crippen molar-refractivity contribution in [3.63, 3.8) is 0 Å². The minimum Gasteiger partial charge on any atom is -0.364 e. The summed E-state index contributed by atoms with van der Waals surface area (Å²) in [5.41, 5.74) is 5.51. The van der Waals surface area contributed by atoms with Crippen LogP contribution in [0.3, 0.4) is 0 Å². The number of amides is 1. The Labute approximate surface area is 95.5 Å². The third kappa shape index (κ3) is 2.77. The van der Waals surface area contributed by atoms with E-state index in [1.165, 1.54) is 25.1 Å². The van der Waals surface area contributed by atoms with Crippen molar-refractivity contribution in [3.05, 3.63) is 16.4 Å². The van der Waals surface area contributed by atoms with Crippen molar-refractivity contribution < 1.29 is 14.3 Å². The topological polar surface area (TPSA) is 79.4 Å². The van der Waals surface area contributed by atoms with Crippen LogP contribution in [-0.2, 0) is 16.0 Å². The van der Waals surface area contributed by atoms with Gasteiger partial charge in [0.2, 0.25) is 0 Å². The van der Waals surface area contributed by atoms with Gasteiger partial charge in [0.05, 0.1) is 17.2 Å². The molecule has 0 bridgehead atoms. The van der Waals surface area contributed by atoms with Crippen LogP contribution in [0.5, 0.6) is 0 Å². The second-order valence-electron chi connectivity index (χ2n) is 2.79. The predicted molar refractivity (Wildman–Crippen MR) is 56.3 cm³/mol. The fraction of sp³-hybridized carbons (Fsp3) is 0.500. The molecule has 6 nitrogen and oxygen atoms in total. The number of ether oxygens (including phenoxy) is 2. The van der Waals surface area contributed by atoms with Crippen molar-refractivity contribution >= 4 is 21.8 Å². The summed E-state index contributed by atoms with van der Waals surface area (Å²) in [6.07, 6.45) is 1.04. The molecule has 0 unspecified atom stereocenters. The molecule has 0 saturated heterocycles. The first-order valence-electron chi connectivity index (χ1n) is 4.16. The number of carbonyl (C=O) groups is 1. The molecule has 0 aliphatic heterocycles. The normalized spacial score (nSPS) is 10.9. The summed E-state index contributed by atoms with van der Waals surface area (Å²) < 4.78 is 12.0. The summed E-state index contributed by atoms with van der Waals surface area (Å²) in [5.74, 6) is -0.551. The molecule has 0 spiro atoms. The molecule has 0 aliphatic carbocycles. The van der Waals surface area contributed by atoms with E-state index < -0.39 is 12.2 Å². The first-order valence-corrected chi connectivity index (χ1v) is 4.96. The Morgan fingerprint density at radius 2 is 2.27 bits per heavy atom. The standard InChI is InChI=1S/C8H12BrN3O3/c1-14-6(15-2)4-12-7(8(10)13)5(9)3-11-12/h3,6H,4H2,1-2H3,(H2,10,13). The number of hydrogen-bond donors (Lipinski definition) is 1. The van der Waals surface area contributed by atoms with Crippen LogP contribution in [0.15, 0.2) is 10.7 Å². The molecule has 1 aromatic heterocycles. The number of nitrogens with two attached hydrogens (primary N) is 1. The predicted octanol–water partition coefficient (Wildman–Crippen LogP) is 0.363. The van der Waals surface area contributed by atoms with Crippen molar-refractivity contribution in [2.75, 3.05) is 14.2 Å². The number of halogens is 1. The van der Waals surface area contributed by atoms with Crippen molar-refractivity contribution in [2.45, 2.75) is 12.8 Å². The Bertz CT molecular complexity index is 349. The largest absolute Gasteiger partial charge is 0.364 e. The van der Waals surface area contributed by atoms with E-state index in [4.69, 9.17) is 15.2 Å². The van der Waals surface area contributed by atoms with Crippen LogP contribution in [0.4, 0.5) is 0 Å². The van der Waals surface area contributed by atoms with E-state index in [9.17, 15) is 4.79 Å². The van der Waals surface area contributed by atoms with Crippen LogP contribution in [-0.4, -0.2) is 36.2 Å². The molecule has 0 atom stereocenters. The molecule has 0 saturated carbocycles. The highest BCUT2D eigenvalue weighted by molar-refractivity contribution is 9.10. The number of methoxy groups -OCH3 is 2. The molecule has 1 amide bonds. The molecule has 0 fully saturated rings. The lowest BCUT2D eigenvalue weighted by Crippen LogP contribution is -2.26. The molecule has 0 aliphatic rings. The Kier molecular flexibility index (Phi) is 4.25. The maximum Gasteiger partial charge on any atom is 0.268 e. The van der Waals surface area contributed by atoms with Crippen LogP contribution in [0.1, 0.15) is 10.5 Å². The molecule has 2 N–H and O–H groups in total. The monoisotopic (exact) mass is 277 g/mol. The lowest BCUT2D eigenvalue weighted by molar-refractivity contribution is -0.112. The second kappa shape index (κ2) is 5.24. The van der Waals surface area contributed by atoms with E-state index in [1.54, 1.807) is 0 Å². The van der Waals surface area contributed by atoms with E-state index in [0.29, 0.717) is 16.7 Å². The molecular formula is C8H12BrN3O3. The quantitative estimate of drug-likeness (QED) is 0.789. The van der Waals surface area contributed by atoms with Gasteiger partial charge in [-0.15, -0.1) is 0 Å². The summed E-state index contributed by atoms with van der Waals surface area (Å²) in [5, 5.41) is 3.98. The Balaban J connectivity index is 2.89. The third-order valence-electron chi connectivity index (χ3n) is 1.88. The first kappa shape index (κ1) is 12.2. The van der Waals surface area contributed by atoms with E-state index >= 15 is 0 Å². The minimum atomic E-state index is -0.551. The van der Waals surface area contributed by atoms with Crippen LogP contribution in [0.25, 0.3) is 0 Å². The number of aromatic nitrogens is 2. The van der Waals surface area contributed by atoms with Gasteiger partial charge in [0.15, 0.2) is 6.29 Å². The van der Waals surface area contributed by atoms with Crippen LogP contribution in [0.2, 0.25) is 0 Å². The summed E-state index contributed by atoms with van der Waals surface area (Å²) in [7, 11) is 3.02. The van der Waals surface area contributed by atoms with Crippen molar-refractivity contribution in [2.24, 2.45) is 5.73 Å². The maximum atomic E-state index is 11.1. The second-order valence-corrected chi connectivity index (χ2v) is 3.64. The molecule has 1 rings (SSSR count). The van der Waals surface area contributed by atoms with Gasteiger partial charge in [0.1, 0.15) is 5.69 Å². The van der Waals surface area contributed by atoms with Crippen LogP contribution >= 0.6 is 15.9 Å². The Morgan fingerprint density at radius 3 is 2.73 bits per heavy atom. The van der Waals surface area contributed by atoms with Gasteiger partial charge in [-0.3, -0.25) is 9.48 Å². The maximum absolute atomic E-state index is 11.1. The van der Waals surface area contributed by atoms with Crippen molar-refractivity contribution in [3.8, 4) is 0 Å². The zero-order valence-electron chi connectivity index (χ0n) is 8.44. The molecule has 15 heavy (non-hydrogen) atoms. The van der Waals surface area contributed by atoms with Crippen LogP contribution in [0, 0.1) is 0 Å². The van der Waals surface area contributed by atoms with Crippen molar-refractivity contribution in [1.29, 1.82) is 0 Å². The van der Waals surface area contributed by atoms with E-state index in [-0.39, 0.29) is 0 Å². The third-order valence-corrected chi connectivity index (χ3v) is 2.46. The summed E-state index contributed by atoms with van der Waals surface area (Å²) in [6, 6.07) is 0. The molecule has 84 valence electrons. The highest BCUT2D eigenvalue weighted by Crippen LogP contribution is 2.15. The fourth-order valence-electron chi connectivity index (χ4n) is 1.13. The summed E-state index contributed by atoms with van der Waals surface area (Å²) >= 11 is 3.19. The molecule has 0 radical (unpaired) electrons. The van der Waals surface area contributed by atoms with Gasteiger partial charge in [-0.2, -0.15) is 5.10 Å². The van der Waals surface area contributed by atoms with Gasteiger partial charge in [0, 0.05) is 14.2 Å². The number of rotatable bonds is 5. The average Bonchev–Trinajstić information content (AvgIpc) is 2.56. The zero-order chi connectivity index (χ0) is 11.4. The van der Waals surface area contributed by atoms with E-state index in [1.807, 2.05) is 0 Å². The fourth-order valence-corrected chi connectivity index (χ4v) is 1.62. The summed E-state index contributed by atoms with van der Waals surface area (Å²) in [4.78, 5) is 11.1. The molecule has 7 heteroatoms. The highest BCUT2D eigenvalue weighted by atomic mass is 79.9. The molecule has 0 aromatic carbocycles. The number of nitrogens with zero attached hydrogens (tertiary/aromatic N) is 2. The van der Waals surface area contributed by atoms with E-state index in [2.05, 4.69) is 21.0 Å². The Hall–Kier alpha value is -0.920. The van der Waals surface area contributed by atoms with Gasteiger partial charge >= 0.3 is 0 Å². The average molecular weight is 278 g/mol. The Morgan fingerprint density at radius 1 is 1.67 bits per heavy atom. The molecular weight excluding hydrogens is 266 g/mol. The lowest BCUT2D eigenvalue weighted by Gasteiger charge is -2.14. The van der Waals surface area contributed by atoms with E-state index in [0.717, 1.165) is 0 Å². The first-order chi connectivity index (χ1) is 7.10. The zero-order valence-corrected chi connectivity index (χ0v) is 10.0. The van der Waals surface area contributed by atoms with Gasteiger partial charge < -0.3 is 15.2 Å². The smallest absolute Gasteiger partial charge is 0.268 e. The highest BCUT2D eigenvalue weighted by Gasteiger charge is 2.17. The van der Waals surface area contributed by atoms with Gasteiger partial charge in [0.25, 0.3) is 5.91 Å². The lowest BCUT2D eigenvalue weighted by atomic mass is 10.4. The number of carbonyl (C=O) groups excluding carboxylic acids is 1. The SMILES string of the molecule is COC(Cn1ncc(Br)c1C(N)=O)OC. The number of primary amides is 1. The summed E-state index contributed by atoms with van der Waals surface area (Å²) in [6.45, 7) is 0.302. The molecule has 1 aromatic rings. The van der Waals surface area contributed by atoms with Crippen molar-refractivity contribution in [1.82, 2.24) is 9.78 Å². The van der Waals surface area contributed by atoms with Crippen LogP contribution < -0.4 is 5.73 Å². The van der Waals surface area contributed by atoms with Gasteiger partial charge in [-0.25, -0.2) is 0 Å². The minimum absolute atomic E-state index is 0.300. The number of hydrogen-bond acceptors (Lipinski definition) is 4.